The molecular formula is C14H16N6O2S3. The van der Waals surface area contributed by atoms with Crippen LogP contribution in [0.1, 0.15) is 23.5 Å². The van der Waals surface area contributed by atoms with Crippen LogP contribution in [0.5, 0.6) is 0 Å². The van der Waals surface area contributed by atoms with Gasteiger partial charge in [0.15, 0.2) is 4.34 Å². The van der Waals surface area contributed by atoms with Gasteiger partial charge in [0, 0.05) is 25.0 Å². The lowest BCUT2D eigenvalue weighted by Crippen LogP contribution is -2.18. The first-order chi connectivity index (χ1) is 12.2. The molecule has 1 N–H and O–H groups in total. The molecule has 0 aliphatic carbocycles. The maximum atomic E-state index is 12.1. The zero-order valence-corrected chi connectivity index (χ0v) is 15.9. The van der Waals surface area contributed by atoms with Gasteiger partial charge in [-0.1, -0.05) is 34.4 Å². The average molecular weight is 397 g/mol. The van der Waals surface area contributed by atoms with Gasteiger partial charge in [0.1, 0.15) is 5.01 Å². The molecule has 8 nitrogen and oxygen atoms in total. The lowest BCUT2D eigenvalue weighted by molar-refractivity contribution is 0.120. The SMILES string of the molecule is Cc1nn2c(=O)cc(CSc3nnc(NCC4CCCO4)s3)nc2s1. The molecule has 0 radical (unpaired) electrons. The van der Waals surface area contributed by atoms with Crippen LogP contribution in [-0.2, 0) is 10.5 Å². The molecule has 0 bridgehead atoms. The van der Waals surface area contributed by atoms with Gasteiger partial charge in [-0.05, 0) is 19.8 Å². The first-order valence-electron chi connectivity index (χ1n) is 7.85. The van der Waals surface area contributed by atoms with Gasteiger partial charge in [0.05, 0.1) is 11.8 Å². The fraction of sp³-hybridized carbons (Fsp3) is 0.500. The number of aromatic nitrogens is 5. The molecule has 3 aromatic heterocycles. The number of fused-ring (bicyclic) bond motifs is 1. The molecule has 11 heteroatoms. The van der Waals surface area contributed by atoms with E-state index < -0.39 is 0 Å². The van der Waals surface area contributed by atoms with Crippen LogP contribution in [0, 0.1) is 6.92 Å². The summed E-state index contributed by atoms with van der Waals surface area (Å²) >= 11 is 4.43. The smallest absolute Gasteiger partial charge is 0.275 e. The highest BCUT2D eigenvalue weighted by Crippen LogP contribution is 2.28. The Hall–Kier alpha value is -1.56. The number of thioether (sulfide) groups is 1. The third-order valence-corrected chi connectivity index (χ3v) is 6.53. The van der Waals surface area contributed by atoms with Gasteiger partial charge in [-0.3, -0.25) is 4.79 Å². The van der Waals surface area contributed by atoms with Crippen LogP contribution in [-0.4, -0.2) is 44.1 Å². The lowest BCUT2D eigenvalue weighted by atomic mass is 10.2. The van der Waals surface area contributed by atoms with Gasteiger partial charge >= 0.3 is 0 Å². The molecule has 1 fully saturated rings. The summed E-state index contributed by atoms with van der Waals surface area (Å²) in [4.78, 5) is 17.2. The number of hydrogen-bond acceptors (Lipinski definition) is 10. The van der Waals surface area contributed by atoms with E-state index in [0.29, 0.717) is 10.7 Å². The second-order valence-corrected chi connectivity index (χ2v) is 8.94. The number of ether oxygens (including phenoxy) is 1. The van der Waals surface area contributed by atoms with Gasteiger partial charge < -0.3 is 10.1 Å². The number of aryl methyl sites for hydroxylation is 1. The number of nitrogens with one attached hydrogen (secondary N) is 1. The number of nitrogens with zero attached hydrogens (tertiary/aromatic N) is 5. The van der Waals surface area contributed by atoms with Crippen molar-refractivity contribution in [2.24, 2.45) is 0 Å². The van der Waals surface area contributed by atoms with Crippen molar-refractivity contribution < 1.29 is 4.74 Å². The quantitative estimate of drug-likeness (QED) is 0.634. The fourth-order valence-corrected chi connectivity index (χ4v) is 4.93. The Balaban J connectivity index is 1.37. The fourth-order valence-electron chi connectivity index (χ4n) is 2.51. The van der Waals surface area contributed by atoms with Crippen molar-refractivity contribution >= 4 is 44.5 Å². The van der Waals surface area contributed by atoms with Crippen LogP contribution in [0.4, 0.5) is 5.13 Å². The van der Waals surface area contributed by atoms with Gasteiger partial charge in [-0.2, -0.15) is 9.61 Å². The third kappa shape index (κ3) is 4.00. The van der Waals surface area contributed by atoms with Crippen molar-refractivity contribution in [1.82, 2.24) is 24.8 Å². The van der Waals surface area contributed by atoms with E-state index in [0.717, 1.165) is 46.2 Å². The summed E-state index contributed by atoms with van der Waals surface area (Å²) in [6.07, 6.45) is 2.49. The summed E-state index contributed by atoms with van der Waals surface area (Å²) < 4.78 is 7.76. The van der Waals surface area contributed by atoms with Crippen LogP contribution in [0.3, 0.4) is 0 Å². The molecule has 1 atom stereocenters. The van der Waals surface area contributed by atoms with Crippen LogP contribution in [0.25, 0.3) is 4.96 Å². The van der Waals surface area contributed by atoms with Crippen molar-refractivity contribution in [1.29, 1.82) is 0 Å². The Kier molecular flexibility index (Phi) is 4.97. The van der Waals surface area contributed by atoms with Crippen LogP contribution in [0.2, 0.25) is 0 Å². The summed E-state index contributed by atoms with van der Waals surface area (Å²) in [5.41, 5.74) is 0.573. The molecule has 4 heterocycles. The first kappa shape index (κ1) is 16.9. The van der Waals surface area contributed by atoms with E-state index >= 15 is 0 Å². The Morgan fingerprint density at radius 3 is 3.20 bits per heavy atom. The number of anilines is 1. The Bertz CT molecular complexity index is 930. The Labute approximate surface area is 155 Å². The monoisotopic (exact) mass is 396 g/mol. The highest BCUT2D eigenvalue weighted by Gasteiger charge is 2.16. The summed E-state index contributed by atoms with van der Waals surface area (Å²) in [7, 11) is 0. The van der Waals surface area contributed by atoms with Gasteiger partial charge in [0.2, 0.25) is 10.1 Å². The second-order valence-electron chi connectivity index (χ2n) is 5.58. The van der Waals surface area contributed by atoms with Crippen LogP contribution < -0.4 is 10.9 Å². The molecule has 1 aliphatic heterocycles. The molecular weight excluding hydrogens is 380 g/mol. The molecule has 4 rings (SSSR count). The van der Waals surface area contributed by atoms with Crippen molar-refractivity contribution in [3.8, 4) is 0 Å². The minimum atomic E-state index is -0.152. The average Bonchev–Trinajstić information content (AvgIpc) is 3.31. The molecule has 132 valence electrons. The standard InChI is InChI=1S/C14H16N6O2S3/c1-8-19-20-11(21)5-9(16-13(20)24-8)7-23-14-18-17-12(25-14)15-6-10-3-2-4-22-10/h5,10H,2-4,6-7H2,1H3,(H,15,17). The van der Waals surface area contributed by atoms with Crippen molar-refractivity contribution in [3.05, 3.63) is 27.1 Å². The van der Waals surface area contributed by atoms with E-state index in [1.54, 1.807) is 0 Å². The normalized spacial score (nSPS) is 17.4. The van der Waals surface area contributed by atoms with E-state index in [9.17, 15) is 4.79 Å². The molecule has 1 unspecified atom stereocenters. The largest absolute Gasteiger partial charge is 0.376 e. The molecule has 0 saturated carbocycles. The molecule has 0 amide bonds. The van der Waals surface area contributed by atoms with Crippen molar-refractivity contribution in [3.63, 3.8) is 0 Å². The van der Waals surface area contributed by atoms with E-state index in [2.05, 4.69) is 25.6 Å². The molecule has 25 heavy (non-hydrogen) atoms. The third-order valence-electron chi connectivity index (χ3n) is 3.65. The minimum absolute atomic E-state index is 0.152. The topological polar surface area (TPSA) is 94.3 Å². The van der Waals surface area contributed by atoms with E-state index in [-0.39, 0.29) is 11.7 Å². The van der Waals surface area contributed by atoms with Gasteiger partial charge in [0.25, 0.3) is 5.56 Å². The highest BCUT2D eigenvalue weighted by molar-refractivity contribution is 8.00. The number of rotatable bonds is 6. The minimum Gasteiger partial charge on any atom is -0.376 e. The Morgan fingerprint density at radius 2 is 2.36 bits per heavy atom. The summed E-state index contributed by atoms with van der Waals surface area (Å²) in [5.74, 6) is 0.572. The predicted octanol–water partition coefficient (Wildman–Crippen LogP) is 2.19. The van der Waals surface area contributed by atoms with E-state index in [1.165, 1.54) is 45.0 Å². The van der Waals surface area contributed by atoms with Crippen LogP contribution in [0.15, 0.2) is 15.2 Å². The molecule has 0 spiro atoms. The molecule has 1 aliphatic rings. The zero-order chi connectivity index (χ0) is 17.2. The summed E-state index contributed by atoms with van der Waals surface area (Å²) in [6, 6.07) is 1.52. The van der Waals surface area contributed by atoms with Gasteiger partial charge in [-0.25, -0.2) is 4.98 Å². The van der Waals surface area contributed by atoms with E-state index in [1.807, 2.05) is 6.92 Å². The maximum Gasteiger partial charge on any atom is 0.275 e. The maximum absolute atomic E-state index is 12.1. The predicted molar refractivity (Wildman–Crippen MR) is 98.8 cm³/mol. The Morgan fingerprint density at radius 1 is 1.44 bits per heavy atom. The van der Waals surface area contributed by atoms with Crippen molar-refractivity contribution in [2.45, 2.75) is 36.0 Å². The molecule has 0 aromatic carbocycles. The summed E-state index contributed by atoms with van der Waals surface area (Å²) in [5, 5.41) is 17.3. The number of hydrogen-bond donors (Lipinski definition) is 1. The van der Waals surface area contributed by atoms with Gasteiger partial charge in [-0.15, -0.1) is 10.2 Å². The summed E-state index contributed by atoms with van der Waals surface area (Å²) in [6.45, 7) is 3.47. The lowest BCUT2D eigenvalue weighted by Gasteiger charge is -2.08. The zero-order valence-electron chi connectivity index (χ0n) is 13.5. The molecule has 3 aromatic rings. The molecule has 1 saturated heterocycles. The van der Waals surface area contributed by atoms with E-state index in [4.69, 9.17) is 4.74 Å². The first-order valence-corrected chi connectivity index (χ1v) is 10.5. The highest BCUT2D eigenvalue weighted by atomic mass is 32.2. The second kappa shape index (κ2) is 7.36. The van der Waals surface area contributed by atoms with Crippen molar-refractivity contribution in [2.75, 3.05) is 18.5 Å². The van der Waals surface area contributed by atoms with Crippen LogP contribution >= 0.6 is 34.4 Å².